The van der Waals surface area contributed by atoms with Crippen LogP contribution in [0.25, 0.3) is 0 Å². The number of hydrogen-bond donors (Lipinski definition) is 3. The SMILES string of the molecule is CC(C)(C)NC(=O)Nc1cc(F)cc(F)c1O. The Kier molecular flexibility index (Phi) is 3.55. The summed E-state index contributed by atoms with van der Waals surface area (Å²) in [4.78, 5) is 11.4. The fraction of sp³-hybridized carbons (Fsp3) is 0.364. The van der Waals surface area contributed by atoms with E-state index in [1.54, 1.807) is 20.8 Å². The summed E-state index contributed by atoms with van der Waals surface area (Å²) in [5.41, 5.74) is -0.810. The lowest BCUT2D eigenvalue weighted by Gasteiger charge is -2.21. The second-order valence-corrected chi connectivity index (χ2v) is 4.61. The number of carbonyl (C=O) groups is 1. The summed E-state index contributed by atoms with van der Waals surface area (Å²) < 4.78 is 25.8. The molecule has 0 aliphatic carbocycles. The highest BCUT2D eigenvalue weighted by Crippen LogP contribution is 2.27. The van der Waals surface area contributed by atoms with Gasteiger partial charge in [0.25, 0.3) is 0 Å². The molecule has 3 N–H and O–H groups in total. The number of carbonyl (C=O) groups excluding carboxylic acids is 1. The van der Waals surface area contributed by atoms with Crippen LogP contribution in [0, 0.1) is 11.6 Å². The van der Waals surface area contributed by atoms with E-state index in [1.165, 1.54) is 0 Å². The number of urea groups is 1. The minimum Gasteiger partial charge on any atom is -0.503 e. The first kappa shape index (κ1) is 13.2. The summed E-state index contributed by atoms with van der Waals surface area (Å²) in [5, 5.41) is 14.0. The minimum atomic E-state index is -1.13. The van der Waals surface area contributed by atoms with Gasteiger partial charge in [-0.2, -0.15) is 0 Å². The summed E-state index contributed by atoms with van der Waals surface area (Å²) >= 11 is 0. The Bertz CT molecular complexity index is 442. The molecule has 0 aliphatic heterocycles. The van der Waals surface area contributed by atoms with Crippen molar-refractivity contribution in [2.75, 3.05) is 5.32 Å². The van der Waals surface area contributed by atoms with Gasteiger partial charge in [0, 0.05) is 17.7 Å². The van der Waals surface area contributed by atoms with Crippen LogP contribution in [-0.4, -0.2) is 16.7 Å². The fourth-order valence-corrected chi connectivity index (χ4v) is 1.16. The molecule has 0 fully saturated rings. The van der Waals surface area contributed by atoms with Gasteiger partial charge >= 0.3 is 6.03 Å². The number of halogens is 2. The van der Waals surface area contributed by atoms with E-state index in [0.29, 0.717) is 6.07 Å². The van der Waals surface area contributed by atoms with Crippen LogP contribution in [0.5, 0.6) is 5.75 Å². The molecule has 0 spiro atoms. The van der Waals surface area contributed by atoms with E-state index in [1.807, 2.05) is 0 Å². The van der Waals surface area contributed by atoms with Gasteiger partial charge in [-0.3, -0.25) is 0 Å². The molecule has 1 aromatic rings. The molecule has 6 heteroatoms. The summed E-state index contributed by atoms with van der Waals surface area (Å²) in [7, 11) is 0. The van der Waals surface area contributed by atoms with Gasteiger partial charge in [0.1, 0.15) is 5.82 Å². The van der Waals surface area contributed by atoms with Gasteiger partial charge in [-0.1, -0.05) is 0 Å². The molecule has 0 aromatic heterocycles. The van der Waals surface area contributed by atoms with E-state index in [-0.39, 0.29) is 5.69 Å². The fourth-order valence-electron chi connectivity index (χ4n) is 1.16. The van der Waals surface area contributed by atoms with E-state index < -0.39 is 29.0 Å². The summed E-state index contributed by atoms with van der Waals surface area (Å²) in [5.74, 6) is -2.81. The lowest BCUT2D eigenvalue weighted by Crippen LogP contribution is -2.43. The molecule has 2 amide bonds. The van der Waals surface area contributed by atoms with Gasteiger partial charge < -0.3 is 15.7 Å². The van der Waals surface area contributed by atoms with Crippen molar-refractivity contribution in [2.45, 2.75) is 26.3 Å². The Balaban J connectivity index is 2.85. The first-order valence-electron chi connectivity index (χ1n) is 4.96. The molecule has 4 nitrogen and oxygen atoms in total. The minimum absolute atomic E-state index is 0.316. The molecular formula is C11H14F2N2O2. The zero-order chi connectivity index (χ0) is 13.2. The third-order valence-corrected chi connectivity index (χ3v) is 1.76. The molecule has 0 unspecified atom stereocenters. The van der Waals surface area contributed by atoms with Crippen LogP contribution < -0.4 is 10.6 Å². The highest BCUT2D eigenvalue weighted by atomic mass is 19.1. The number of benzene rings is 1. The van der Waals surface area contributed by atoms with Crippen molar-refractivity contribution < 1.29 is 18.7 Å². The van der Waals surface area contributed by atoms with Crippen molar-refractivity contribution in [1.82, 2.24) is 5.32 Å². The van der Waals surface area contributed by atoms with Crippen LogP contribution in [0.4, 0.5) is 19.3 Å². The van der Waals surface area contributed by atoms with Gasteiger partial charge in [0.15, 0.2) is 11.6 Å². The van der Waals surface area contributed by atoms with E-state index >= 15 is 0 Å². The molecule has 1 aromatic carbocycles. The highest BCUT2D eigenvalue weighted by molar-refractivity contribution is 5.91. The first-order valence-corrected chi connectivity index (χ1v) is 4.96. The Morgan fingerprint density at radius 3 is 2.41 bits per heavy atom. The lowest BCUT2D eigenvalue weighted by molar-refractivity contribution is 0.243. The van der Waals surface area contributed by atoms with Crippen molar-refractivity contribution >= 4 is 11.7 Å². The van der Waals surface area contributed by atoms with Crippen molar-refractivity contribution in [1.29, 1.82) is 0 Å². The number of aromatic hydroxyl groups is 1. The maximum Gasteiger partial charge on any atom is 0.319 e. The van der Waals surface area contributed by atoms with E-state index in [2.05, 4.69) is 10.6 Å². The van der Waals surface area contributed by atoms with Gasteiger partial charge in [-0.15, -0.1) is 0 Å². The molecule has 0 saturated carbocycles. The number of nitrogens with one attached hydrogen (secondary N) is 2. The van der Waals surface area contributed by atoms with Gasteiger partial charge in [-0.05, 0) is 20.8 Å². The molecule has 0 bridgehead atoms. The molecule has 94 valence electrons. The number of rotatable bonds is 1. The maximum atomic E-state index is 13.0. The van der Waals surface area contributed by atoms with Gasteiger partial charge in [0.2, 0.25) is 0 Å². The summed E-state index contributed by atoms with van der Waals surface area (Å²) in [6.45, 7) is 5.25. The van der Waals surface area contributed by atoms with Crippen LogP contribution in [-0.2, 0) is 0 Å². The molecule has 0 saturated heterocycles. The number of anilines is 1. The second kappa shape index (κ2) is 4.57. The quantitative estimate of drug-likeness (QED) is 0.665. The van der Waals surface area contributed by atoms with Crippen LogP contribution in [0.3, 0.4) is 0 Å². The zero-order valence-electron chi connectivity index (χ0n) is 9.77. The van der Waals surface area contributed by atoms with Crippen LogP contribution in [0.15, 0.2) is 12.1 Å². The molecule has 0 aliphatic rings. The van der Waals surface area contributed by atoms with Crippen LogP contribution in [0.2, 0.25) is 0 Å². The van der Waals surface area contributed by atoms with Crippen molar-refractivity contribution in [3.05, 3.63) is 23.8 Å². The van der Waals surface area contributed by atoms with Crippen molar-refractivity contribution in [3.63, 3.8) is 0 Å². The average molecular weight is 244 g/mol. The number of hydrogen-bond acceptors (Lipinski definition) is 2. The largest absolute Gasteiger partial charge is 0.503 e. The number of phenols is 1. The summed E-state index contributed by atoms with van der Waals surface area (Å²) in [6.07, 6.45) is 0. The Hall–Kier alpha value is -1.85. The highest BCUT2D eigenvalue weighted by Gasteiger charge is 2.16. The normalized spacial score (nSPS) is 11.1. The van der Waals surface area contributed by atoms with Crippen LogP contribution in [0.1, 0.15) is 20.8 Å². The molecule has 1 rings (SSSR count). The standard InChI is InChI=1S/C11H14F2N2O2/c1-11(2,3)15-10(17)14-8-5-6(12)4-7(13)9(8)16/h4-5,16H,1-3H3,(H2,14,15,17). The number of amides is 2. The lowest BCUT2D eigenvalue weighted by atomic mass is 10.1. The third kappa shape index (κ3) is 3.90. The number of phenolic OH excluding ortho intramolecular Hbond substituents is 1. The van der Waals surface area contributed by atoms with Gasteiger partial charge in [-0.25, -0.2) is 13.6 Å². The Morgan fingerprint density at radius 2 is 1.88 bits per heavy atom. The second-order valence-electron chi connectivity index (χ2n) is 4.61. The topological polar surface area (TPSA) is 61.4 Å². The molecular weight excluding hydrogens is 230 g/mol. The van der Waals surface area contributed by atoms with Gasteiger partial charge in [0.05, 0.1) is 5.69 Å². The summed E-state index contributed by atoms with van der Waals surface area (Å²) in [6, 6.07) is 0.709. The molecule has 17 heavy (non-hydrogen) atoms. The van der Waals surface area contributed by atoms with Crippen molar-refractivity contribution in [2.24, 2.45) is 0 Å². The molecule has 0 heterocycles. The van der Waals surface area contributed by atoms with Crippen molar-refractivity contribution in [3.8, 4) is 5.75 Å². The maximum absolute atomic E-state index is 13.0. The first-order chi connectivity index (χ1) is 7.69. The third-order valence-electron chi connectivity index (χ3n) is 1.76. The molecule has 0 atom stereocenters. The Labute approximate surface area is 97.6 Å². The zero-order valence-corrected chi connectivity index (χ0v) is 9.77. The van der Waals surface area contributed by atoms with Crippen LogP contribution >= 0.6 is 0 Å². The van der Waals surface area contributed by atoms with E-state index in [9.17, 15) is 18.7 Å². The average Bonchev–Trinajstić information content (AvgIpc) is 2.10. The predicted molar refractivity (Wildman–Crippen MR) is 59.9 cm³/mol. The predicted octanol–water partition coefficient (Wildman–Crippen LogP) is 2.59. The van der Waals surface area contributed by atoms with E-state index in [0.717, 1.165) is 6.07 Å². The smallest absolute Gasteiger partial charge is 0.319 e. The van der Waals surface area contributed by atoms with E-state index in [4.69, 9.17) is 0 Å². The monoisotopic (exact) mass is 244 g/mol. The molecule has 0 radical (unpaired) electrons. The Morgan fingerprint density at radius 1 is 1.29 bits per heavy atom.